The topological polar surface area (TPSA) is 52.1 Å². The molecule has 0 aliphatic carbocycles. The van der Waals surface area contributed by atoms with E-state index in [1.807, 2.05) is 12.1 Å². The Morgan fingerprint density at radius 1 is 0.931 bits per heavy atom. The third-order valence-corrected chi connectivity index (χ3v) is 4.69. The van der Waals surface area contributed by atoms with Crippen LogP contribution in [0.2, 0.25) is 0 Å². The van der Waals surface area contributed by atoms with E-state index in [-0.39, 0.29) is 11.4 Å². The third kappa shape index (κ3) is 5.47. The molecule has 0 N–H and O–H groups in total. The van der Waals surface area contributed by atoms with Crippen molar-refractivity contribution in [3.05, 3.63) is 77.4 Å². The first-order chi connectivity index (χ1) is 14.1. The summed E-state index contributed by atoms with van der Waals surface area (Å²) < 4.78 is 19.5. The number of nitrogens with zero attached hydrogens (tertiary/aromatic N) is 2. The van der Waals surface area contributed by atoms with Crippen molar-refractivity contribution in [2.45, 2.75) is 46.0 Å². The predicted octanol–water partition coefficient (Wildman–Crippen LogP) is 5.80. The summed E-state index contributed by atoms with van der Waals surface area (Å²) >= 11 is 0. The van der Waals surface area contributed by atoms with Crippen molar-refractivity contribution >= 4 is 5.97 Å². The monoisotopic (exact) mass is 392 g/mol. The quantitative estimate of drug-likeness (QED) is 0.455. The number of aryl methyl sites for hydroxylation is 2. The summed E-state index contributed by atoms with van der Waals surface area (Å²) in [5.41, 5.74) is 3.65. The van der Waals surface area contributed by atoms with Gasteiger partial charge in [0.15, 0.2) is 0 Å². The van der Waals surface area contributed by atoms with E-state index < -0.39 is 11.8 Å². The Hall–Kier alpha value is -3.08. The molecule has 0 saturated heterocycles. The van der Waals surface area contributed by atoms with Crippen molar-refractivity contribution in [2.75, 3.05) is 0 Å². The molecule has 29 heavy (non-hydrogen) atoms. The fourth-order valence-electron chi connectivity index (χ4n) is 3.06. The van der Waals surface area contributed by atoms with Crippen molar-refractivity contribution in [1.82, 2.24) is 9.97 Å². The molecule has 5 heteroatoms. The largest absolute Gasteiger partial charge is 0.402 e. The first-order valence-electron chi connectivity index (χ1n) is 10.0. The Balaban J connectivity index is 1.67. The van der Waals surface area contributed by atoms with Gasteiger partial charge in [0.05, 0.1) is 23.7 Å². The first-order valence-corrected chi connectivity index (χ1v) is 10.0. The van der Waals surface area contributed by atoms with Crippen molar-refractivity contribution < 1.29 is 13.9 Å². The van der Waals surface area contributed by atoms with Gasteiger partial charge in [-0.2, -0.15) is 0 Å². The molecular formula is C24H25FN2O2. The van der Waals surface area contributed by atoms with Gasteiger partial charge in [0, 0.05) is 5.56 Å². The zero-order valence-electron chi connectivity index (χ0n) is 16.8. The molecule has 0 aliphatic heterocycles. The van der Waals surface area contributed by atoms with Gasteiger partial charge in [-0.25, -0.2) is 19.2 Å². The minimum atomic E-state index is -0.782. The number of carbonyl (C=O) groups excluding carboxylic acids is 1. The second kappa shape index (κ2) is 9.92. The van der Waals surface area contributed by atoms with Crippen LogP contribution in [-0.2, 0) is 12.8 Å². The normalized spacial score (nSPS) is 10.7. The fraction of sp³-hybridized carbons (Fsp3) is 0.292. The maximum absolute atomic E-state index is 14.3. The van der Waals surface area contributed by atoms with Crippen LogP contribution < -0.4 is 4.74 Å². The van der Waals surface area contributed by atoms with Crippen molar-refractivity contribution in [3.8, 4) is 17.1 Å². The number of esters is 1. The van der Waals surface area contributed by atoms with E-state index in [4.69, 9.17) is 4.74 Å². The zero-order valence-corrected chi connectivity index (χ0v) is 16.8. The van der Waals surface area contributed by atoms with Crippen LogP contribution in [0, 0.1) is 5.82 Å². The van der Waals surface area contributed by atoms with Crippen LogP contribution in [0.4, 0.5) is 4.39 Å². The molecule has 3 aromatic rings. The summed E-state index contributed by atoms with van der Waals surface area (Å²) in [6, 6.07) is 12.7. The van der Waals surface area contributed by atoms with E-state index >= 15 is 0 Å². The SMILES string of the molecule is CCCCc1ccc(C(=O)Oc2cnc(-c3ccc(CCC)cc3)cn2)c(F)c1. The van der Waals surface area contributed by atoms with Gasteiger partial charge in [0.2, 0.25) is 5.88 Å². The summed E-state index contributed by atoms with van der Waals surface area (Å²) in [5, 5.41) is 0. The van der Waals surface area contributed by atoms with E-state index in [0.717, 1.165) is 43.2 Å². The lowest BCUT2D eigenvalue weighted by Gasteiger charge is -2.07. The summed E-state index contributed by atoms with van der Waals surface area (Å²) in [6.07, 6.45) is 7.85. The molecule has 0 fully saturated rings. The van der Waals surface area contributed by atoms with Gasteiger partial charge < -0.3 is 4.74 Å². The first kappa shape index (κ1) is 20.6. The molecule has 2 aromatic carbocycles. The number of unbranched alkanes of at least 4 members (excludes halogenated alkanes) is 1. The van der Waals surface area contributed by atoms with Crippen LogP contribution >= 0.6 is 0 Å². The molecule has 1 aromatic heterocycles. The lowest BCUT2D eigenvalue weighted by atomic mass is 10.1. The summed E-state index contributed by atoms with van der Waals surface area (Å²) in [6.45, 7) is 4.22. The number of benzene rings is 2. The van der Waals surface area contributed by atoms with E-state index in [2.05, 4.69) is 35.9 Å². The number of hydrogen-bond donors (Lipinski definition) is 0. The highest BCUT2D eigenvalue weighted by Crippen LogP contribution is 2.20. The van der Waals surface area contributed by atoms with E-state index in [1.54, 1.807) is 12.3 Å². The van der Waals surface area contributed by atoms with Crippen LogP contribution in [0.5, 0.6) is 5.88 Å². The Labute approximate surface area is 170 Å². The molecule has 3 rings (SSSR count). The molecule has 0 amide bonds. The molecule has 0 bridgehead atoms. The molecule has 0 saturated carbocycles. The number of rotatable bonds is 8. The number of ether oxygens (including phenoxy) is 1. The van der Waals surface area contributed by atoms with E-state index in [0.29, 0.717) is 5.69 Å². The Morgan fingerprint density at radius 3 is 2.31 bits per heavy atom. The van der Waals surface area contributed by atoms with Gasteiger partial charge >= 0.3 is 5.97 Å². The lowest BCUT2D eigenvalue weighted by Crippen LogP contribution is -2.12. The van der Waals surface area contributed by atoms with Crippen LogP contribution in [0.15, 0.2) is 54.9 Å². The number of hydrogen-bond acceptors (Lipinski definition) is 4. The standard InChI is InChI=1S/C24H25FN2O2/c1-3-5-7-18-10-13-20(21(25)14-18)24(28)29-23-16-26-22(15-27-23)19-11-8-17(6-4-2)9-12-19/h8-16H,3-7H2,1-2H3. The third-order valence-electron chi connectivity index (χ3n) is 4.69. The van der Waals surface area contributed by atoms with Crippen LogP contribution in [0.25, 0.3) is 11.3 Å². The maximum atomic E-state index is 14.3. The van der Waals surface area contributed by atoms with Crippen LogP contribution in [0.1, 0.15) is 54.6 Å². The average molecular weight is 392 g/mol. The maximum Gasteiger partial charge on any atom is 0.347 e. The second-order valence-electron chi connectivity index (χ2n) is 6.99. The zero-order chi connectivity index (χ0) is 20.6. The lowest BCUT2D eigenvalue weighted by molar-refractivity contribution is 0.0722. The van der Waals surface area contributed by atoms with Crippen molar-refractivity contribution in [3.63, 3.8) is 0 Å². The molecule has 0 unspecified atom stereocenters. The molecule has 1 heterocycles. The molecule has 0 radical (unpaired) electrons. The van der Waals surface area contributed by atoms with Gasteiger partial charge in [-0.05, 0) is 42.5 Å². The van der Waals surface area contributed by atoms with Gasteiger partial charge in [-0.3, -0.25) is 0 Å². The summed E-state index contributed by atoms with van der Waals surface area (Å²) in [5.74, 6) is -1.33. The highest BCUT2D eigenvalue weighted by Gasteiger charge is 2.15. The molecule has 0 aliphatic rings. The fourth-order valence-corrected chi connectivity index (χ4v) is 3.06. The highest BCUT2D eigenvalue weighted by atomic mass is 19.1. The Kier molecular flexibility index (Phi) is 7.06. The van der Waals surface area contributed by atoms with E-state index in [1.165, 1.54) is 23.9 Å². The average Bonchev–Trinajstić information content (AvgIpc) is 2.73. The molecule has 150 valence electrons. The Bertz CT molecular complexity index is 954. The predicted molar refractivity (Wildman–Crippen MR) is 111 cm³/mol. The molecule has 4 nitrogen and oxygen atoms in total. The smallest absolute Gasteiger partial charge is 0.347 e. The minimum absolute atomic E-state index is 0.0378. The number of carbonyl (C=O) groups is 1. The van der Waals surface area contributed by atoms with Gasteiger partial charge in [0.1, 0.15) is 5.82 Å². The van der Waals surface area contributed by atoms with Crippen molar-refractivity contribution in [1.29, 1.82) is 0 Å². The van der Waals surface area contributed by atoms with Crippen molar-refractivity contribution in [2.24, 2.45) is 0 Å². The van der Waals surface area contributed by atoms with Gasteiger partial charge in [-0.15, -0.1) is 0 Å². The van der Waals surface area contributed by atoms with Crippen LogP contribution in [-0.4, -0.2) is 15.9 Å². The minimum Gasteiger partial charge on any atom is -0.402 e. The summed E-state index contributed by atoms with van der Waals surface area (Å²) in [7, 11) is 0. The van der Waals surface area contributed by atoms with Gasteiger partial charge in [-0.1, -0.05) is 57.0 Å². The second-order valence-corrected chi connectivity index (χ2v) is 6.99. The number of aromatic nitrogens is 2. The Morgan fingerprint density at radius 2 is 1.69 bits per heavy atom. The molecular weight excluding hydrogens is 367 g/mol. The van der Waals surface area contributed by atoms with E-state index in [9.17, 15) is 9.18 Å². The summed E-state index contributed by atoms with van der Waals surface area (Å²) in [4.78, 5) is 20.7. The molecule has 0 spiro atoms. The number of halogens is 1. The molecule has 0 atom stereocenters. The highest BCUT2D eigenvalue weighted by molar-refractivity contribution is 5.91. The van der Waals surface area contributed by atoms with Gasteiger partial charge in [0.25, 0.3) is 0 Å². The van der Waals surface area contributed by atoms with Crippen LogP contribution in [0.3, 0.4) is 0 Å².